The van der Waals surface area contributed by atoms with Gasteiger partial charge in [-0.05, 0) is 30.3 Å². The molecule has 0 spiro atoms. The summed E-state index contributed by atoms with van der Waals surface area (Å²) in [7, 11) is -3.84. The molecule has 1 aromatic heterocycles. The summed E-state index contributed by atoms with van der Waals surface area (Å²) in [6.45, 7) is -0.311. The first-order valence-corrected chi connectivity index (χ1v) is 7.34. The van der Waals surface area contributed by atoms with Crippen LogP contribution in [0.25, 0.3) is 0 Å². The zero-order chi connectivity index (χ0) is 15.3. The molecule has 0 unspecified atom stereocenters. The molecular formula is C14H11FN2O3S. The van der Waals surface area contributed by atoms with Crippen LogP contribution in [0.1, 0.15) is 5.56 Å². The van der Waals surface area contributed by atoms with Crippen LogP contribution >= 0.6 is 0 Å². The normalized spacial score (nSPS) is 10.6. The second-order valence-corrected chi connectivity index (χ2v) is 5.64. The van der Waals surface area contributed by atoms with Crippen LogP contribution in [-0.2, 0) is 10.0 Å². The Bertz CT molecular complexity index is 793. The van der Waals surface area contributed by atoms with Gasteiger partial charge in [-0.2, -0.15) is 0 Å². The van der Waals surface area contributed by atoms with E-state index in [4.69, 9.17) is 5.11 Å². The lowest BCUT2D eigenvalue weighted by molar-refractivity contribution is 0.350. The maximum absolute atomic E-state index is 12.7. The van der Waals surface area contributed by atoms with Crippen LogP contribution in [-0.4, -0.2) is 25.1 Å². The number of hydrogen-bond acceptors (Lipinski definition) is 4. The second kappa shape index (κ2) is 6.35. The van der Waals surface area contributed by atoms with Gasteiger partial charge in [0, 0.05) is 5.56 Å². The number of rotatable bonds is 3. The zero-order valence-corrected chi connectivity index (χ0v) is 11.6. The molecule has 1 aromatic carbocycles. The number of sulfonamides is 1. The summed E-state index contributed by atoms with van der Waals surface area (Å²) < 4.78 is 39.3. The highest BCUT2D eigenvalue weighted by Gasteiger charge is 2.15. The number of hydrogen-bond donors (Lipinski definition) is 2. The summed E-state index contributed by atoms with van der Waals surface area (Å²) in [5, 5.41) is 8.63. The van der Waals surface area contributed by atoms with Crippen molar-refractivity contribution in [2.24, 2.45) is 0 Å². The van der Waals surface area contributed by atoms with Gasteiger partial charge in [-0.15, -0.1) is 0 Å². The van der Waals surface area contributed by atoms with E-state index >= 15 is 0 Å². The Balaban J connectivity index is 2.29. The summed E-state index contributed by atoms with van der Waals surface area (Å²) in [6, 6.07) is 8.26. The molecule has 7 heteroatoms. The Morgan fingerprint density at radius 2 is 2.10 bits per heavy atom. The molecule has 21 heavy (non-hydrogen) atoms. The van der Waals surface area contributed by atoms with Crippen molar-refractivity contribution in [2.75, 3.05) is 11.3 Å². The molecule has 2 rings (SSSR count). The topological polar surface area (TPSA) is 79.3 Å². The summed E-state index contributed by atoms with van der Waals surface area (Å²) in [5.41, 5.74) is 0.457. The number of aliphatic hydroxyl groups excluding tert-OH is 1. The lowest BCUT2D eigenvalue weighted by Crippen LogP contribution is -2.14. The summed E-state index contributed by atoms with van der Waals surface area (Å²) in [6.07, 6.45) is 0.918. The van der Waals surface area contributed by atoms with Gasteiger partial charge in [0.1, 0.15) is 18.2 Å². The van der Waals surface area contributed by atoms with Crippen LogP contribution in [0.15, 0.2) is 47.5 Å². The predicted octanol–water partition coefficient (Wildman–Crippen LogP) is 1.37. The van der Waals surface area contributed by atoms with Gasteiger partial charge in [0.25, 0.3) is 10.0 Å². The van der Waals surface area contributed by atoms with Gasteiger partial charge in [0.2, 0.25) is 0 Å². The number of nitrogens with zero attached hydrogens (tertiary/aromatic N) is 1. The molecule has 2 aromatic rings. The van der Waals surface area contributed by atoms with Crippen molar-refractivity contribution in [2.45, 2.75) is 4.90 Å². The first-order valence-electron chi connectivity index (χ1n) is 5.85. The Morgan fingerprint density at radius 3 is 2.76 bits per heavy atom. The Kier molecular flexibility index (Phi) is 4.52. The van der Waals surface area contributed by atoms with Gasteiger partial charge < -0.3 is 5.11 Å². The van der Waals surface area contributed by atoms with Gasteiger partial charge in [0.05, 0.1) is 11.1 Å². The largest absolute Gasteiger partial charge is 0.384 e. The van der Waals surface area contributed by atoms with Crippen LogP contribution in [0.3, 0.4) is 0 Å². The second-order valence-electron chi connectivity index (χ2n) is 3.95. The molecular weight excluding hydrogens is 295 g/mol. The van der Waals surface area contributed by atoms with E-state index < -0.39 is 15.8 Å². The molecule has 0 saturated heterocycles. The van der Waals surface area contributed by atoms with E-state index in [1.807, 2.05) is 0 Å². The number of aromatic nitrogens is 1. The molecule has 0 aliphatic heterocycles. The first kappa shape index (κ1) is 15.0. The van der Waals surface area contributed by atoms with Crippen LogP contribution in [0, 0.1) is 17.7 Å². The number of benzene rings is 1. The Labute approximate surface area is 121 Å². The van der Waals surface area contributed by atoms with E-state index in [1.165, 1.54) is 24.3 Å². The molecule has 2 N–H and O–H groups in total. The fourth-order valence-corrected chi connectivity index (χ4v) is 2.57. The molecule has 0 aliphatic rings. The molecule has 0 amide bonds. The van der Waals surface area contributed by atoms with E-state index in [9.17, 15) is 12.8 Å². The van der Waals surface area contributed by atoms with E-state index in [2.05, 4.69) is 21.5 Å². The van der Waals surface area contributed by atoms with E-state index in [1.54, 1.807) is 6.07 Å². The minimum Gasteiger partial charge on any atom is -0.384 e. The molecule has 0 saturated carbocycles. The maximum Gasteiger partial charge on any atom is 0.263 e. The van der Waals surface area contributed by atoms with E-state index in [-0.39, 0.29) is 17.3 Å². The number of aliphatic hydroxyl groups is 1. The van der Waals surface area contributed by atoms with Crippen molar-refractivity contribution >= 4 is 15.8 Å². The van der Waals surface area contributed by atoms with Crippen molar-refractivity contribution in [1.82, 2.24) is 4.98 Å². The van der Waals surface area contributed by atoms with Crippen LogP contribution in [0.4, 0.5) is 10.2 Å². The standard InChI is InChI=1S/C14H11FN2O3S/c15-12-6-7-14(16-10-12)17-21(19,20)13-5-1-3-11(9-13)4-2-8-18/h1,3,5-7,9-10,18H,8H2,(H,16,17). The van der Waals surface area contributed by atoms with Gasteiger partial charge in [0.15, 0.2) is 0 Å². The third kappa shape index (κ3) is 4.02. The van der Waals surface area contributed by atoms with Gasteiger partial charge in [-0.1, -0.05) is 17.9 Å². The van der Waals surface area contributed by atoms with Gasteiger partial charge in [-0.25, -0.2) is 17.8 Å². The van der Waals surface area contributed by atoms with Crippen molar-refractivity contribution in [3.8, 4) is 11.8 Å². The van der Waals surface area contributed by atoms with Crippen LogP contribution < -0.4 is 4.72 Å². The molecule has 0 bridgehead atoms. The Morgan fingerprint density at radius 1 is 1.29 bits per heavy atom. The first-order chi connectivity index (χ1) is 10.0. The minimum absolute atomic E-state index is 0.00151. The summed E-state index contributed by atoms with van der Waals surface area (Å²) in [5.74, 6) is 4.52. The third-order valence-corrected chi connectivity index (χ3v) is 3.77. The molecule has 1 heterocycles. The molecule has 0 aliphatic carbocycles. The van der Waals surface area contributed by atoms with Crippen LogP contribution in [0.2, 0.25) is 0 Å². The Hall–Kier alpha value is -2.43. The van der Waals surface area contributed by atoms with Crippen molar-refractivity contribution < 1.29 is 17.9 Å². The molecule has 108 valence electrons. The summed E-state index contributed by atoms with van der Waals surface area (Å²) >= 11 is 0. The lowest BCUT2D eigenvalue weighted by Gasteiger charge is -2.07. The summed E-state index contributed by atoms with van der Waals surface area (Å²) in [4.78, 5) is 3.63. The van der Waals surface area contributed by atoms with Crippen molar-refractivity contribution in [3.05, 3.63) is 54.0 Å². The fraction of sp³-hybridized carbons (Fsp3) is 0.0714. The zero-order valence-electron chi connectivity index (χ0n) is 10.7. The molecule has 0 radical (unpaired) electrons. The lowest BCUT2D eigenvalue weighted by atomic mass is 10.2. The third-order valence-electron chi connectivity index (χ3n) is 2.42. The fourth-order valence-electron chi connectivity index (χ4n) is 1.52. The number of anilines is 1. The van der Waals surface area contributed by atoms with Crippen molar-refractivity contribution in [1.29, 1.82) is 0 Å². The van der Waals surface area contributed by atoms with Crippen LogP contribution in [0.5, 0.6) is 0 Å². The highest BCUT2D eigenvalue weighted by atomic mass is 32.2. The predicted molar refractivity (Wildman–Crippen MR) is 75.4 cm³/mol. The van der Waals surface area contributed by atoms with Gasteiger partial charge >= 0.3 is 0 Å². The smallest absolute Gasteiger partial charge is 0.263 e. The van der Waals surface area contributed by atoms with E-state index in [0.29, 0.717) is 5.56 Å². The van der Waals surface area contributed by atoms with Gasteiger partial charge in [-0.3, -0.25) is 4.72 Å². The molecule has 5 nitrogen and oxygen atoms in total. The highest BCUT2D eigenvalue weighted by Crippen LogP contribution is 2.15. The highest BCUT2D eigenvalue weighted by molar-refractivity contribution is 7.92. The minimum atomic E-state index is -3.84. The van der Waals surface area contributed by atoms with E-state index in [0.717, 1.165) is 12.3 Å². The number of pyridine rings is 1. The monoisotopic (exact) mass is 306 g/mol. The molecule has 0 fully saturated rings. The average molecular weight is 306 g/mol. The number of nitrogens with one attached hydrogen (secondary N) is 1. The average Bonchev–Trinajstić information content (AvgIpc) is 2.48. The number of halogens is 1. The van der Waals surface area contributed by atoms with Crippen molar-refractivity contribution in [3.63, 3.8) is 0 Å². The molecule has 0 atom stereocenters. The maximum atomic E-state index is 12.7. The quantitative estimate of drug-likeness (QED) is 0.839. The SMILES string of the molecule is O=S(=O)(Nc1ccc(F)cn1)c1cccc(C#CCO)c1.